The first-order chi connectivity index (χ1) is 12.5. The van der Waals surface area contributed by atoms with Crippen molar-refractivity contribution in [1.29, 1.82) is 0 Å². The Morgan fingerprint density at radius 3 is 2.85 bits per heavy atom. The number of carbonyl (C=O) groups excluding carboxylic acids is 1. The van der Waals surface area contributed by atoms with Crippen LogP contribution < -0.4 is 0 Å². The highest BCUT2D eigenvalue weighted by molar-refractivity contribution is 5.78. The van der Waals surface area contributed by atoms with E-state index in [4.69, 9.17) is 0 Å². The third kappa shape index (κ3) is 4.12. The lowest BCUT2D eigenvalue weighted by atomic mass is 9.87. The number of benzene rings is 1. The van der Waals surface area contributed by atoms with Crippen molar-refractivity contribution >= 4 is 5.91 Å². The van der Waals surface area contributed by atoms with E-state index >= 15 is 0 Å². The maximum Gasteiger partial charge on any atom is 0.226 e. The van der Waals surface area contributed by atoms with E-state index in [-0.39, 0.29) is 24.2 Å². The summed E-state index contributed by atoms with van der Waals surface area (Å²) >= 11 is 0. The zero-order chi connectivity index (χ0) is 18.7. The van der Waals surface area contributed by atoms with Crippen LogP contribution in [-0.4, -0.2) is 52.7 Å². The number of halogens is 1. The van der Waals surface area contributed by atoms with Crippen LogP contribution in [0, 0.1) is 11.7 Å². The molecule has 3 rings (SSSR count). The average molecular weight is 358 g/mol. The molecule has 1 fully saturated rings. The predicted molar refractivity (Wildman–Crippen MR) is 99.0 cm³/mol. The maximum atomic E-state index is 13.3. The number of rotatable bonds is 5. The minimum absolute atomic E-state index is 0.0209. The smallest absolute Gasteiger partial charge is 0.226 e. The summed E-state index contributed by atoms with van der Waals surface area (Å²) < 4.78 is 15.3. The number of likely N-dealkylation sites (tertiary alicyclic amines) is 1. The summed E-state index contributed by atoms with van der Waals surface area (Å²) in [6, 6.07) is 8.58. The Bertz CT molecular complexity index is 760. The van der Waals surface area contributed by atoms with Crippen LogP contribution in [0.3, 0.4) is 0 Å². The molecule has 2 atom stereocenters. The fraction of sp³-hybridized carbons (Fsp3) is 0.500. The van der Waals surface area contributed by atoms with Crippen LogP contribution in [0.15, 0.2) is 36.5 Å². The first-order valence-corrected chi connectivity index (χ1v) is 9.12. The van der Waals surface area contributed by atoms with Gasteiger partial charge in [-0.2, -0.15) is 5.10 Å². The lowest BCUT2D eigenvalue weighted by Gasteiger charge is -2.40. The summed E-state index contributed by atoms with van der Waals surface area (Å²) in [6.45, 7) is 1.74. The zero-order valence-electron chi connectivity index (χ0n) is 15.7. The Hall–Kier alpha value is -2.21. The number of carbonyl (C=O) groups is 1. The standard InChI is InChI=1S/C20H27FN4O/c1-23-11-5-7-16(20(23)18-9-10-22-25(18)3)14-24(2)19(26)13-15-6-4-8-17(21)12-15/h4,6,8-10,12,16,20H,5,7,11,13-14H2,1-3H3/t16-,20+/m0/s1. The highest BCUT2D eigenvalue weighted by atomic mass is 19.1. The van der Waals surface area contributed by atoms with Gasteiger partial charge in [-0.3, -0.25) is 14.4 Å². The first kappa shape index (κ1) is 18.6. The van der Waals surface area contributed by atoms with Gasteiger partial charge in [-0.15, -0.1) is 0 Å². The number of hydrogen-bond donors (Lipinski definition) is 0. The molecule has 1 aromatic heterocycles. The second-order valence-corrected chi connectivity index (χ2v) is 7.29. The molecule has 1 aliphatic heterocycles. The van der Waals surface area contributed by atoms with E-state index in [0.29, 0.717) is 18.0 Å². The molecular weight excluding hydrogens is 331 g/mol. The summed E-state index contributed by atoms with van der Waals surface area (Å²) in [7, 11) is 5.95. The molecule has 140 valence electrons. The second kappa shape index (κ2) is 7.99. The lowest BCUT2D eigenvalue weighted by Crippen LogP contribution is -2.43. The Kier molecular flexibility index (Phi) is 5.71. The molecule has 0 unspecified atom stereocenters. The fourth-order valence-corrected chi connectivity index (χ4v) is 4.00. The van der Waals surface area contributed by atoms with Gasteiger partial charge in [-0.05, 0) is 56.1 Å². The number of amides is 1. The number of hydrogen-bond acceptors (Lipinski definition) is 3. The van der Waals surface area contributed by atoms with Gasteiger partial charge in [-0.25, -0.2) is 4.39 Å². The molecule has 1 aliphatic rings. The molecule has 0 saturated carbocycles. The fourth-order valence-electron chi connectivity index (χ4n) is 4.00. The highest BCUT2D eigenvalue weighted by Crippen LogP contribution is 2.35. The van der Waals surface area contributed by atoms with E-state index in [1.165, 1.54) is 17.8 Å². The van der Waals surface area contributed by atoms with Gasteiger partial charge in [0.05, 0.1) is 18.2 Å². The van der Waals surface area contributed by atoms with Gasteiger partial charge in [0.1, 0.15) is 5.82 Å². The van der Waals surface area contributed by atoms with Crippen molar-refractivity contribution in [2.24, 2.45) is 13.0 Å². The van der Waals surface area contributed by atoms with Crippen molar-refractivity contribution in [3.63, 3.8) is 0 Å². The highest BCUT2D eigenvalue weighted by Gasteiger charge is 2.33. The molecule has 0 aliphatic carbocycles. The Morgan fingerprint density at radius 1 is 1.35 bits per heavy atom. The second-order valence-electron chi connectivity index (χ2n) is 7.29. The van der Waals surface area contributed by atoms with Gasteiger partial charge >= 0.3 is 0 Å². The summed E-state index contributed by atoms with van der Waals surface area (Å²) in [4.78, 5) is 16.8. The molecular formula is C20H27FN4O. The van der Waals surface area contributed by atoms with Crippen molar-refractivity contribution < 1.29 is 9.18 Å². The van der Waals surface area contributed by atoms with Gasteiger partial charge < -0.3 is 4.90 Å². The van der Waals surface area contributed by atoms with E-state index in [2.05, 4.69) is 23.1 Å². The Balaban J connectivity index is 1.69. The molecule has 0 radical (unpaired) electrons. The monoisotopic (exact) mass is 358 g/mol. The molecule has 0 spiro atoms. The van der Waals surface area contributed by atoms with E-state index in [1.54, 1.807) is 17.0 Å². The molecule has 1 saturated heterocycles. The first-order valence-electron chi connectivity index (χ1n) is 9.12. The molecule has 1 aromatic carbocycles. The minimum Gasteiger partial charge on any atom is -0.345 e. The van der Waals surface area contributed by atoms with Crippen LogP contribution in [0.1, 0.15) is 30.1 Å². The van der Waals surface area contributed by atoms with Crippen molar-refractivity contribution in [2.75, 3.05) is 27.2 Å². The van der Waals surface area contributed by atoms with Gasteiger partial charge in [0, 0.05) is 26.8 Å². The van der Waals surface area contributed by atoms with Crippen LogP contribution in [0.5, 0.6) is 0 Å². The molecule has 1 amide bonds. The van der Waals surface area contributed by atoms with E-state index < -0.39 is 0 Å². The predicted octanol–water partition coefficient (Wildman–Crippen LogP) is 2.64. The average Bonchev–Trinajstić information content (AvgIpc) is 3.00. The van der Waals surface area contributed by atoms with Crippen LogP contribution in [0.4, 0.5) is 4.39 Å². The van der Waals surface area contributed by atoms with Gasteiger partial charge in [0.25, 0.3) is 0 Å². The quantitative estimate of drug-likeness (QED) is 0.825. The Morgan fingerprint density at radius 2 is 2.15 bits per heavy atom. The summed E-state index contributed by atoms with van der Waals surface area (Å²) in [5.74, 6) is 0.0707. The summed E-state index contributed by atoms with van der Waals surface area (Å²) in [6.07, 6.45) is 4.26. The van der Waals surface area contributed by atoms with Crippen molar-refractivity contribution in [1.82, 2.24) is 19.6 Å². The van der Waals surface area contributed by atoms with E-state index in [1.807, 2.05) is 25.0 Å². The minimum atomic E-state index is -0.303. The van der Waals surface area contributed by atoms with Crippen LogP contribution in [0.25, 0.3) is 0 Å². The normalized spacial score (nSPS) is 20.9. The molecule has 2 heterocycles. The van der Waals surface area contributed by atoms with Gasteiger partial charge in [0.2, 0.25) is 5.91 Å². The largest absolute Gasteiger partial charge is 0.345 e. The molecule has 0 N–H and O–H groups in total. The number of nitrogens with zero attached hydrogens (tertiary/aromatic N) is 4. The van der Waals surface area contributed by atoms with Crippen molar-refractivity contribution in [3.05, 3.63) is 53.6 Å². The van der Waals surface area contributed by atoms with Crippen LogP contribution >= 0.6 is 0 Å². The number of likely N-dealkylation sites (N-methyl/N-ethyl adjacent to an activating group) is 1. The molecule has 26 heavy (non-hydrogen) atoms. The molecule has 5 nitrogen and oxygen atoms in total. The Labute approximate surface area is 154 Å². The lowest BCUT2D eigenvalue weighted by molar-refractivity contribution is -0.130. The number of aromatic nitrogens is 2. The number of aryl methyl sites for hydroxylation is 1. The van der Waals surface area contributed by atoms with Gasteiger partial charge in [-0.1, -0.05) is 12.1 Å². The summed E-state index contributed by atoms with van der Waals surface area (Å²) in [5.41, 5.74) is 1.90. The van der Waals surface area contributed by atoms with E-state index in [0.717, 1.165) is 19.4 Å². The maximum absolute atomic E-state index is 13.3. The van der Waals surface area contributed by atoms with Crippen molar-refractivity contribution in [2.45, 2.75) is 25.3 Å². The van der Waals surface area contributed by atoms with Crippen LogP contribution in [-0.2, 0) is 18.3 Å². The van der Waals surface area contributed by atoms with Crippen molar-refractivity contribution in [3.8, 4) is 0 Å². The SMILES string of the molecule is CN(C[C@@H]1CCCN(C)[C@H]1c1ccnn1C)C(=O)Cc1cccc(F)c1. The van der Waals surface area contributed by atoms with E-state index in [9.17, 15) is 9.18 Å². The zero-order valence-corrected chi connectivity index (χ0v) is 15.7. The topological polar surface area (TPSA) is 41.4 Å². The third-order valence-corrected chi connectivity index (χ3v) is 5.35. The molecule has 0 bridgehead atoms. The van der Waals surface area contributed by atoms with Crippen LogP contribution in [0.2, 0.25) is 0 Å². The molecule has 6 heteroatoms. The third-order valence-electron chi connectivity index (χ3n) is 5.35. The summed E-state index contributed by atoms with van der Waals surface area (Å²) in [5, 5.41) is 4.31. The van der Waals surface area contributed by atoms with Gasteiger partial charge in [0.15, 0.2) is 0 Å². The molecule has 2 aromatic rings. The number of piperidine rings is 1.